The van der Waals surface area contributed by atoms with Crippen molar-refractivity contribution in [2.24, 2.45) is 5.10 Å². The van der Waals surface area contributed by atoms with Crippen LogP contribution in [0.25, 0.3) is 0 Å². The van der Waals surface area contributed by atoms with Gasteiger partial charge in [-0.15, -0.1) is 0 Å². The molecule has 0 spiro atoms. The first-order valence-electron chi connectivity index (χ1n) is 9.19. The molecule has 0 unspecified atom stereocenters. The number of esters is 1. The SMILES string of the molecule is Cc1ccc(NC(=O)C(=O)N/N=C\c2ccc(OC(=O)c3ccc(Cl)cc3)cc2)cc1. The Morgan fingerprint density at radius 2 is 1.52 bits per heavy atom. The van der Waals surface area contributed by atoms with E-state index in [0.29, 0.717) is 27.6 Å². The summed E-state index contributed by atoms with van der Waals surface area (Å²) in [6.45, 7) is 1.92. The fraction of sp³-hybridized carbons (Fsp3) is 0.0435. The molecule has 0 aliphatic rings. The number of nitrogens with one attached hydrogen (secondary N) is 2. The summed E-state index contributed by atoms with van der Waals surface area (Å²) < 4.78 is 5.28. The third-order valence-electron chi connectivity index (χ3n) is 4.07. The maximum Gasteiger partial charge on any atom is 0.343 e. The van der Waals surface area contributed by atoms with Crippen LogP contribution in [0.5, 0.6) is 5.75 Å². The van der Waals surface area contributed by atoms with Crippen LogP contribution in [-0.2, 0) is 9.59 Å². The second kappa shape index (κ2) is 10.2. The van der Waals surface area contributed by atoms with Crippen LogP contribution >= 0.6 is 11.6 Å². The summed E-state index contributed by atoms with van der Waals surface area (Å²) in [6, 6.07) is 19.9. The minimum atomic E-state index is -0.898. The monoisotopic (exact) mass is 435 g/mol. The van der Waals surface area contributed by atoms with E-state index in [1.54, 1.807) is 60.7 Å². The maximum absolute atomic E-state index is 12.1. The quantitative estimate of drug-likeness (QED) is 0.208. The van der Waals surface area contributed by atoms with Crippen LogP contribution in [0.1, 0.15) is 21.5 Å². The molecule has 3 aromatic carbocycles. The van der Waals surface area contributed by atoms with Crippen LogP contribution in [0.4, 0.5) is 5.69 Å². The molecule has 0 aromatic heterocycles. The van der Waals surface area contributed by atoms with Gasteiger partial charge in [0.1, 0.15) is 5.75 Å². The predicted octanol–water partition coefficient (Wildman–Crippen LogP) is 3.96. The molecule has 0 bridgehead atoms. The molecule has 0 saturated heterocycles. The smallest absolute Gasteiger partial charge is 0.343 e. The zero-order valence-electron chi connectivity index (χ0n) is 16.5. The molecule has 0 fully saturated rings. The van der Waals surface area contributed by atoms with Crippen molar-refractivity contribution >= 4 is 41.3 Å². The highest BCUT2D eigenvalue weighted by atomic mass is 35.5. The first-order valence-corrected chi connectivity index (χ1v) is 9.57. The van der Waals surface area contributed by atoms with E-state index in [-0.39, 0.29) is 0 Å². The van der Waals surface area contributed by atoms with Gasteiger partial charge in [0.15, 0.2) is 0 Å². The van der Waals surface area contributed by atoms with Crippen molar-refractivity contribution in [1.82, 2.24) is 5.43 Å². The van der Waals surface area contributed by atoms with Gasteiger partial charge >= 0.3 is 17.8 Å². The molecule has 2 amide bonds. The number of benzene rings is 3. The molecule has 8 heteroatoms. The molecular formula is C23H18ClN3O4. The lowest BCUT2D eigenvalue weighted by atomic mass is 10.2. The molecule has 0 saturated carbocycles. The van der Waals surface area contributed by atoms with Crippen molar-refractivity contribution in [2.75, 3.05) is 5.32 Å². The highest BCUT2D eigenvalue weighted by Gasteiger charge is 2.12. The lowest BCUT2D eigenvalue weighted by Gasteiger charge is -2.05. The molecule has 0 aliphatic heterocycles. The van der Waals surface area contributed by atoms with E-state index in [1.165, 1.54) is 6.21 Å². The normalized spacial score (nSPS) is 10.5. The molecular weight excluding hydrogens is 418 g/mol. The highest BCUT2D eigenvalue weighted by molar-refractivity contribution is 6.39. The third-order valence-corrected chi connectivity index (χ3v) is 4.32. The van der Waals surface area contributed by atoms with Gasteiger partial charge in [-0.1, -0.05) is 29.3 Å². The van der Waals surface area contributed by atoms with Crippen LogP contribution in [-0.4, -0.2) is 24.0 Å². The van der Waals surface area contributed by atoms with E-state index < -0.39 is 17.8 Å². The molecule has 0 aliphatic carbocycles. The second-order valence-electron chi connectivity index (χ2n) is 6.48. The lowest BCUT2D eigenvalue weighted by Crippen LogP contribution is -2.32. The summed E-state index contributed by atoms with van der Waals surface area (Å²) in [5.74, 6) is -1.89. The number of carbonyl (C=O) groups is 3. The summed E-state index contributed by atoms with van der Waals surface area (Å²) in [7, 11) is 0. The molecule has 2 N–H and O–H groups in total. The average molecular weight is 436 g/mol. The Hall–Kier alpha value is -3.97. The van der Waals surface area contributed by atoms with Gasteiger partial charge in [-0.3, -0.25) is 9.59 Å². The summed E-state index contributed by atoms with van der Waals surface area (Å²) >= 11 is 5.80. The largest absolute Gasteiger partial charge is 0.423 e. The lowest BCUT2D eigenvalue weighted by molar-refractivity contribution is -0.136. The van der Waals surface area contributed by atoms with Gasteiger partial charge in [-0.2, -0.15) is 5.10 Å². The fourth-order valence-corrected chi connectivity index (χ4v) is 2.54. The van der Waals surface area contributed by atoms with E-state index in [0.717, 1.165) is 5.56 Å². The molecule has 0 radical (unpaired) electrons. The first-order chi connectivity index (χ1) is 14.9. The third kappa shape index (κ3) is 6.52. The molecule has 0 atom stereocenters. The number of amides is 2. The van der Waals surface area contributed by atoms with E-state index in [1.807, 2.05) is 19.1 Å². The summed E-state index contributed by atoms with van der Waals surface area (Å²) in [5, 5.41) is 6.77. The van der Waals surface area contributed by atoms with Gasteiger partial charge in [0.05, 0.1) is 11.8 Å². The molecule has 0 heterocycles. The Kier molecular flexibility index (Phi) is 7.13. The number of aryl methyl sites for hydroxylation is 1. The van der Waals surface area contributed by atoms with Gasteiger partial charge in [-0.05, 0) is 73.2 Å². The Balaban J connectivity index is 1.50. The number of nitrogens with zero attached hydrogens (tertiary/aromatic N) is 1. The van der Waals surface area contributed by atoms with Gasteiger partial charge in [0, 0.05) is 10.7 Å². The summed E-state index contributed by atoms with van der Waals surface area (Å²) in [4.78, 5) is 35.8. The highest BCUT2D eigenvalue weighted by Crippen LogP contribution is 2.15. The number of hydrogen-bond acceptors (Lipinski definition) is 5. The summed E-state index contributed by atoms with van der Waals surface area (Å²) in [6.07, 6.45) is 1.36. The number of halogens is 1. The Labute approximate surface area is 183 Å². The van der Waals surface area contributed by atoms with Crippen LogP contribution in [0.2, 0.25) is 5.02 Å². The number of carbonyl (C=O) groups excluding carboxylic acids is 3. The minimum Gasteiger partial charge on any atom is -0.423 e. The van der Waals surface area contributed by atoms with Crippen LogP contribution in [0.15, 0.2) is 77.9 Å². The van der Waals surface area contributed by atoms with Gasteiger partial charge in [0.2, 0.25) is 0 Å². The van der Waals surface area contributed by atoms with Crippen molar-refractivity contribution in [3.05, 3.63) is 94.5 Å². The zero-order chi connectivity index (χ0) is 22.2. The number of hydrazone groups is 1. The number of hydrogen-bond donors (Lipinski definition) is 2. The van der Waals surface area contributed by atoms with Gasteiger partial charge < -0.3 is 10.1 Å². The zero-order valence-corrected chi connectivity index (χ0v) is 17.2. The van der Waals surface area contributed by atoms with Crippen molar-refractivity contribution in [1.29, 1.82) is 0 Å². The molecule has 31 heavy (non-hydrogen) atoms. The fourth-order valence-electron chi connectivity index (χ4n) is 2.41. The van der Waals surface area contributed by atoms with Gasteiger partial charge in [-0.25, -0.2) is 10.2 Å². The van der Waals surface area contributed by atoms with E-state index in [2.05, 4.69) is 15.8 Å². The van der Waals surface area contributed by atoms with E-state index in [9.17, 15) is 14.4 Å². The number of rotatable bonds is 5. The Morgan fingerprint density at radius 3 is 2.16 bits per heavy atom. The molecule has 3 aromatic rings. The van der Waals surface area contributed by atoms with Crippen molar-refractivity contribution in [3.8, 4) is 5.75 Å². The minimum absolute atomic E-state index is 0.346. The second-order valence-corrected chi connectivity index (χ2v) is 6.92. The van der Waals surface area contributed by atoms with Crippen molar-refractivity contribution in [2.45, 2.75) is 6.92 Å². The molecule has 3 rings (SSSR count). The number of ether oxygens (including phenoxy) is 1. The summed E-state index contributed by atoms with van der Waals surface area (Å²) in [5.41, 5.74) is 4.72. The van der Waals surface area contributed by atoms with Crippen molar-refractivity contribution in [3.63, 3.8) is 0 Å². The topological polar surface area (TPSA) is 96.9 Å². The Bertz CT molecular complexity index is 1110. The van der Waals surface area contributed by atoms with Crippen molar-refractivity contribution < 1.29 is 19.1 Å². The average Bonchev–Trinajstić information content (AvgIpc) is 2.77. The van der Waals surface area contributed by atoms with Crippen LogP contribution in [0, 0.1) is 6.92 Å². The van der Waals surface area contributed by atoms with E-state index in [4.69, 9.17) is 16.3 Å². The van der Waals surface area contributed by atoms with Gasteiger partial charge in [0.25, 0.3) is 0 Å². The number of anilines is 1. The Morgan fingerprint density at radius 1 is 0.871 bits per heavy atom. The predicted molar refractivity (Wildman–Crippen MR) is 118 cm³/mol. The van der Waals surface area contributed by atoms with Crippen LogP contribution < -0.4 is 15.5 Å². The molecule has 7 nitrogen and oxygen atoms in total. The first kappa shape index (κ1) is 21.7. The maximum atomic E-state index is 12.1. The van der Waals surface area contributed by atoms with Crippen LogP contribution in [0.3, 0.4) is 0 Å². The standard InChI is InChI=1S/C23H18ClN3O4/c1-15-2-10-19(11-3-15)26-21(28)22(29)27-25-14-16-4-12-20(13-5-16)31-23(30)17-6-8-18(24)9-7-17/h2-14H,1H3,(H,26,28)(H,27,29)/b25-14-. The van der Waals surface area contributed by atoms with E-state index >= 15 is 0 Å². The molecule has 156 valence electrons.